The molecule has 100 valence electrons. The van der Waals surface area contributed by atoms with Gasteiger partial charge in [-0.2, -0.15) is 13.2 Å². The normalized spacial score (nSPS) is 13.4. The van der Waals surface area contributed by atoms with Gasteiger partial charge >= 0.3 is 12.1 Å². The maximum atomic E-state index is 12.4. The predicted molar refractivity (Wildman–Crippen MR) is 60.1 cm³/mol. The Morgan fingerprint density at radius 2 is 2.00 bits per heavy atom. The van der Waals surface area contributed by atoms with Gasteiger partial charge in [-0.15, -0.1) is 0 Å². The van der Waals surface area contributed by atoms with Gasteiger partial charge in [-0.3, -0.25) is 4.79 Å². The lowest BCUT2D eigenvalue weighted by molar-refractivity contribution is -0.139. The second-order valence-corrected chi connectivity index (χ2v) is 4.46. The van der Waals surface area contributed by atoms with E-state index in [0.717, 1.165) is 6.07 Å². The van der Waals surface area contributed by atoms with Crippen LogP contribution in [0.4, 0.5) is 13.2 Å². The first kappa shape index (κ1) is 14.8. The SMILES string of the molecule is NC(Cc1c(O)cc(C(F)(F)F)cc1Br)C(=O)O. The van der Waals surface area contributed by atoms with Crippen molar-refractivity contribution >= 4 is 21.9 Å². The molecule has 0 heterocycles. The summed E-state index contributed by atoms with van der Waals surface area (Å²) >= 11 is 2.86. The van der Waals surface area contributed by atoms with Gasteiger partial charge in [0.15, 0.2) is 0 Å². The number of benzene rings is 1. The molecule has 0 aliphatic rings. The standard InChI is InChI=1S/C10H9BrF3NO3/c11-6-1-4(10(12,13)14)2-8(16)5(6)3-7(15)9(17)18/h1-2,7,16H,3,15H2,(H,17,18). The van der Waals surface area contributed by atoms with E-state index in [0.29, 0.717) is 6.07 Å². The number of aromatic hydroxyl groups is 1. The molecule has 0 spiro atoms. The lowest BCUT2D eigenvalue weighted by atomic mass is 10.0. The summed E-state index contributed by atoms with van der Waals surface area (Å²) in [6, 6.07) is 0.00195. The molecule has 0 saturated heterocycles. The monoisotopic (exact) mass is 327 g/mol. The van der Waals surface area contributed by atoms with Crippen LogP contribution in [0.3, 0.4) is 0 Å². The van der Waals surface area contributed by atoms with Crippen LogP contribution in [0, 0.1) is 0 Å². The number of phenolic OH excluding ortho intramolecular Hbond substituents is 1. The molecule has 1 aromatic carbocycles. The number of rotatable bonds is 3. The number of alkyl halides is 3. The van der Waals surface area contributed by atoms with Crippen LogP contribution >= 0.6 is 15.9 Å². The fourth-order valence-corrected chi connectivity index (χ4v) is 1.91. The summed E-state index contributed by atoms with van der Waals surface area (Å²) in [4.78, 5) is 10.6. The number of aliphatic carboxylic acids is 1. The first-order valence-corrected chi connectivity index (χ1v) is 5.49. The van der Waals surface area contributed by atoms with Gasteiger partial charge in [0, 0.05) is 16.5 Å². The molecule has 0 aliphatic heterocycles. The summed E-state index contributed by atoms with van der Waals surface area (Å²) in [6.07, 6.45) is -4.87. The molecular formula is C10H9BrF3NO3. The largest absolute Gasteiger partial charge is 0.508 e. The second-order valence-electron chi connectivity index (χ2n) is 3.60. The highest BCUT2D eigenvalue weighted by Crippen LogP contribution is 2.37. The second kappa shape index (κ2) is 5.15. The highest BCUT2D eigenvalue weighted by Gasteiger charge is 2.32. The summed E-state index contributed by atoms with van der Waals surface area (Å²) < 4.78 is 37.2. The van der Waals surface area contributed by atoms with Crippen molar-refractivity contribution in [1.82, 2.24) is 0 Å². The number of nitrogens with two attached hydrogens (primary N) is 1. The predicted octanol–water partition coefficient (Wildman–Crippen LogP) is 2.13. The third-order valence-corrected chi connectivity index (χ3v) is 2.95. The third kappa shape index (κ3) is 3.36. The number of carboxylic acid groups (broad SMARTS) is 1. The third-order valence-electron chi connectivity index (χ3n) is 2.24. The molecule has 8 heteroatoms. The van der Waals surface area contributed by atoms with Gasteiger partial charge in [0.05, 0.1) is 5.56 Å². The molecule has 4 nitrogen and oxygen atoms in total. The molecule has 18 heavy (non-hydrogen) atoms. The van der Waals surface area contributed by atoms with Crippen LogP contribution in [0.15, 0.2) is 16.6 Å². The van der Waals surface area contributed by atoms with Crippen LogP contribution in [-0.4, -0.2) is 22.2 Å². The van der Waals surface area contributed by atoms with Crippen LogP contribution in [0.5, 0.6) is 5.75 Å². The fraction of sp³-hybridized carbons (Fsp3) is 0.300. The maximum Gasteiger partial charge on any atom is 0.416 e. The first-order chi connectivity index (χ1) is 8.12. The van der Waals surface area contributed by atoms with Crippen molar-refractivity contribution in [3.05, 3.63) is 27.7 Å². The van der Waals surface area contributed by atoms with Crippen LogP contribution in [0.1, 0.15) is 11.1 Å². The zero-order chi connectivity index (χ0) is 14.1. The van der Waals surface area contributed by atoms with E-state index in [1.165, 1.54) is 0 Å². The Hall–Kier alpha value is -1.28. The molecule has 0 amide bonds. The fourth-order valence-electron chi connectivity index (χ4n) is 1.30. The van der Waals surface area contributed by atoms with Gasteiger partial charge in [0.1, 0.15) is 11.8 Å². The Bertz CT molecular complexity index is 453. The zero-order valence-corrected chi connectivity index (χ0v) is 10.4. The lowest BCUT2D eigenvalue weighted by Gasteiger charge is -2.14. The molecule has 0 bridgehead atoms. The number of hydrogen-bond acceptors (Lipinski definition) is 3. The number of carbonyl (C=O) groups is 1. The minimum absolute atomic E-state index is 0.0258. The van der Waals surface area contributed by atoms with E-state index in [2.05, 4.69) is 15.9 Å². The minimum atomic E-state index is -4.59. The van der Waals surface area contributed by atoms with Gasteiger partial charge in [0.2, 0.25) is 0 Å². The van der Waals surface area contributed by atoms with E-state index >= 15 is 0 Å². The maximum absolute atomic E-state index is 12.4. The van der Waals surface area contributed by atoms with Crippen molar-refractivity contribution in [2.75, 3.05) is 0 Å². The molecule has 1 unspecified atom stereocenters. The van der Waals surface area contributed by atoms with E-state index in [4.69, 9.17) is 10.8 Å². The number of hydrogen-bond donors (Lipinski definition) is 3. The van der Waals surface area contributed by atoms with E-state index in [-0.39, 0.29) is 16.5 Å². The lowest BCUT2D eigenvalue weighted by Crippen LogP contribution is -2.32. The van der Waals surface area contributed by atoms with Crippen LogP contribution in [0.2, 0.25) is 0 Å². The van der Waals surface area contributed by atoms with Crippen molar-refractivity contribution in [2.24, 2.45) is 5.73 Å². The van der Waals surface area contributed by atoms with Gasteiger partial charge < -0.3 is 15.9 Å². The smallest absolute Gasteiger partial charge is 0.416 e. The Balaban J connectivity index is 3.13. The summed E-state index contributed by atoms with van der Waals surface area (Å²) in [5.41, 5.74) is 4.25. The summed E-state index contributed by atoms with van der Waals surface area (Å²) in [5, 5.41) is 18.1. The van der Waals surface area contributed by atoms with E-state index in [1.54, 1.807) is 0 Å². The molecule has 0 aliphatic carbocycles. The average Bonchev–Trinajstić information content (AvgIpc) is 2.21. The molecule has 1 aromatic rings. The number of carboxylic acids is 1. The Morgan fingerprint density at radius 3 is 2.39 bits per heavy atom. The van der Waals surface area contributed by atoms with Crippen molar-refractivity contribution in [2.45, 2.75) is 18.6 Å². The van der Waals surface area contributed by atoms with Crippen molar-refractivity contribution in [1.29, 1.82) is 0 Å². The molecular weight excluding hydrogens is 319 g/mol. The molecule has 0 aromatic heterocycles. The summed E-state index contributed by atoms with van der Waals surface area (Å²) in [5.74, 6) is -1.95. The van der Waals surface area contributed by atoms with Crippen LogP contribution in [0.25, 0.3) is 0 Å². The molecule has 0 radical (unpaired) electrons. The molecule has 0 fully saturated rings. The topological polar surface area (TPSA) is 83.5 Å². The average molecular weight is 328 g/mol. The van der Waals surface area contributed by atoms with Crippen molar-refractivity contribution < 1.29 is 28.2 Å². The summed E-state index contributed by atoms with van der Waals surface area (Å²) in [7, 11) is 0. The van der Waals surface area contributed by atoms with Crippen LogP contribution in [-0.2, 0) is 17.4 Å². The minimum Gasteiger partial charge on any atom is -0.508 e. The zero-order valence-electron chi connectivity index (χ0n) is 8.83. The van der Waals surface area contributed by atoms with E-state index in [9.17, 15) is 23.1 Å². The van der Waals surface area contributed by atoms with Gasteiger partial charge in [-0.05, 0) is 12.1 Å². The number of phenols is 1. The first-order valence-electron chi connectivity index (χ1n) is 4.70. The highest BCUT2D eigenvalue weighted by molar-refractivity contribution is 9.10. The molecule has 1 rings (SSSR count). The van der Waals surface area contributed by atoms with Gasteiger partial charge in [-0.1, -0.05) is 15.9 Å². The van der Waals surface area contributed by atoms with Gasteiger partial charge in [0.25, 0.3) is 0 Å². The van der Waals surface area contributed by atoms with Gasteiger partial charge in [-0.25, -0.2) is 0 Å². The molecule has 1 atom stereocenters. The Labute approximate surface area is 108 Å². The quantitative estimate of drug-likeness (QED) is 0.794. The van der Waals surface area contributed by atoms with E-state index < -0.39 is 29.5 Å². The molecule has 0 saturated carbocycles. The molecule has 4 N–H and O–H groups in total. The summed E-state index contributed by atoms with van der Waals surface area (Å²) in [6.45, 7) is 0. The number of halogens is 4. The van der Waals surface area contributed by atoms with E-state index in [1.807, 2.05) is 0 Å². The van der Waals surface area contributed by atoms with Crippen molar-refractivity contribution in [3.63, 3.8) is 0 Å². The van der Waals surface area contributed by atoms with Crippen LogP contribution < -0.4 is 5.73 Å². The Morgan fingerprint density at radius 1 is 1.44 bits per heavy atom. The van der Waals surface area contributed by atoms with Crippen molar-refractivity contribution in [3.8, 4) is 5.75 Å². The highest BCUT2D eigenvalue weighted by atomic mass is 79.9. The Kier molecular flexibility index (Phi) is 4.23.